The molecule has 0 aliphatic carbocycles. The molecule has 0 radical (unpaired) electrons. The lowest BCUT2D eigenvalue weighted by Gasteiger charge is -2.23. The number of hydrogen-bond donors (Lipinski definition) is 2. The number of carboxylic acids is 1. The quantitative estimate of drug-likeness (QED) is 0.840. The van der Waals surface area contributed by atoms with Crippen LogP contribution in [0.25, 0.3) is 0 Å². The average Bonchev–Trinajstić information content (AvgIpc) is 2.32. The fourth-order valence-corrected chi connectivity index (χ4v) is 2.15. The summed E-state index contributed by atoms with van der Waals surface area (Å²) >= 11 is 0. The molecule has 1 aromatic rings. The van der Waals surface area contributed by atoms with Gasteiger partial charge in [-0.25, -0.2) is 9.97 Å². The van der Waals surface area contributed by atoms with E-state index in [2.05, 4.69) is 36.1 Å². The number of aromatic nitrogens is 2. The molecule has 1 unspecified atom stereocenters. The molecule has 0 spiro atoms. The number of aryl methyl sites for hydroxylation is 1. The number of aliphatic carboxylic acids is 1. The van der Waals surface area contributed by atoms with E-state index in [9.17, 15) is 9.90 Å². The number of hydrogen-bond acceptors (Lipinski definition) is 4. The van der Waals surface area contributed by atoms with E-state index in [-0.39, 0.29) is 11.3 Å². The lowest BCUT2D eigenvalue weighted by Crippen LogP contribution is -2.27. The minimum Gasteiger partial charge on any atom is -0.481 e. The van der Waals surface area contributed by atoms with Gasteiger partial charge in [0.05, 0.1) is 5.92 Å². The third-order valence-electron chi connectivity index (χ3n) is 3.13. The van der Waals surface area contributed by atoms with Gasteiger partial charge in [-0.2, -0.15) is 0 Å². The third-order valence-corrected chi connectivity index (χ3v) is 3.13. The van der Waals surface area contributed by atoms with Gasteiger partial charge in [0.1, 0.15) is 11.6 Å². The van der Waals surface area contributed by atoms with Crippen molar-refractivity contribution in [2.75, 3.05) is 11.9 Å². The van der Waals surface area contributed by atoms with Crippen LogP contribution in [0.4, 0.5) is 5.82 Å². The maximum Gasteiger partial charge on any atom is 0.308 e. The molecule has 0 bridgehead atoms. The van der Waals surface area contributed by atoms with Crippen molar-refractivity contribution < 1.29 is 9.90 Å². The van der Waals surface area contributed by atoms with E-state index in [0.717, 1.165) is 11.5 Å². The first-order chi connectivity index (χ1) is 9.58. The van der Waals surface area contributed by atoms with Crippen LogP contribution < -0.4 is 5.32 Å². The number of nitrogens with zero attached hydrogens (tertiary/aromatic N) is 2. The van der Waals surface area contributed by atoms with E-state index in [1.54, 1.807) is 0 Å². The molecule has 118 valence electrons. The molecule has 0 saturated heterocycles. The van der Waals surface area contributed by atoms with Gasteiger partial charge in [0, 0.05) is 24.2 Å². The molecule has 5 nitrogen and oxygen atoms in total. The van der Waals surface area contributed by atoms with Crippen LogP contribution in [0.5, 0.6) is 0 Å². The van der Waals surface area contributed by atoms with E-state index in [4.69, 9.17) is 0 Å². The number of rotatable bonds is 6. The molecule has 2 N–H and O–H groups in total. The maximum absolute atomic E-state index is 11.4. The molecule has 1 aromatic heterocycles. The summed E-state index contributed by atoms with van der Waals surface area (Å²) in [6.45, 7) is 12.5. The predicted octanol–water partition coefficient (Wildman–Crippen LogP) is 3.46. The van der Waals surface area contributed by atoms with Gasteiger partial charge < -0.3 is 10.4 Å². The highest BCUT2D eigenvalue weighted by atomic mass is 16.4. The van der Waals surface area contributed by atoms with E-state index >= 15 is 0 Å². The van der Waals surface area contributed by atoms with Crippen LogP contribution in [0.15, 0.2) is 6.07 Å². The molecule has 0 saturated carbocycles. The highest BCUT2D eigenvalue weighted by molar-refractivity contribution is 5.70. The van der Waals surface area contributed by atoms with E-state index in [1.165, 1.54) is 0 Å². The first kappa shape index (κ1) is 17.4. The summed E-state index contributed by atoms with van der Waals surface area (Å²) in [6.07, 6.45) is 0.621. The predicted molar refractivity (Wildman–Crippen MR) is 84.5 cm³/mol. The Morgan fingerprint density at radius 2 is 1.95 bits per heavy atom. The van der Waals surface area contributed by atoms with E-state index < -0.39 is 11.9 Å². The Morgan fingerprint density at radius 3 is 2.43 bits per heavy atom. The van der Waals surface area contributed by atoms with E-state index in [1.807, 2.05) is 26.8 Å². The van der Waals surface area contributed by atoms with Crippen LogP contribution >= 0.6 is 0 Å². The second-order valence-corrected chi connectivity index (χ2v) is 7.09. The fourth-order valence-electron chi connectivity index (χ4n) is 2.15. The Kier molecular flexibility index (Phi) is 5.70. The summed E-state index contributed by atoms with van der Waals surface area (Å²) in [5.41, 5.74) is 0.869. The molecule has 5 heteroatoms. The summed E-state index contributed by atoms with van der Waals surface area (Å²) in [4.78, 5) is 20.2. The number of carbonyl (C=O) groups is 1. The molecule has 0 aliphatic rings. The summed E-state index contributed by atoms with van der Waals surface area (Å²) in [5.74, 6) is 0.525. The van der Waals surface area contributed by atoms with Crippen molar-refractivity contribution in [2.45, 2.75) is 53.9 Å². The second-order valence-electron chi connectivity index (χ2n) is 7.09. The summed E-state index contributed by atoms with van der Waals surface area (Å²) < 4.78 is 0. The lowest BCUT2D eigenvalue weighted by molar-refractivity contribution is -0.142. The van der Waals surface area contributed by atoms with Crippen LogP contribution in [0.1, 0.15) is 58.5 Å². The molecule has 1 rings (SSSR count). The summed E-state index contributed by atoms with van der Waals surface area (Å²) in [7, 11) is 0. The Labute approximate surface area is 127 Å². The van der Waals surface area contributed by atoms with Crippen molar-refractivity contribution in [1.82, 2.24) is 9.97 Å². The molecular formula is C16H27N3O2. The highest BCUT2D eigenvalue weighted by Crippen LogP contribution is 2.25. The van der Waals surface area contributed by atoms with Gasteiger partial charge in [-0.15, -0.1) is 0 Å². The van der Waals surface area contributed by atoms with Crippen molar-refractivity contribution in [3.05, 3.63) is 17.6 Å². The smallest absolute Gasteiger partial charge is 0.308 e. The van der Waals surface area contributed by atoms with Crippen LogP contribution in [0.2, 0.25) is 0 Å². The average molecular weight is 293 g/mol. The Hall–Kier alpha value is -1.65. The monoisotopic (exact) mass is 293 g/mol. The highest BCUT2D eigenvalue weighted by Gasteiger charge is 2.24. The lowest BCUT2D eigenvalue weighted by atomic mass is 9.84. The number of anilines is 1. The molecule has 0 aromatic carbocycles. The van der Waals surface area contributed by atoms with Crippen LogP contribution in [0.3, 0.4) is 0 Å². The van der Waals surface area contributed by atoms with Crippen molar-refractivity contribution in [2.24, 2.45) is 11.3 Å². The largest absolute Gasteiger partial charge is 0.481 e. The van der Waals surface area contributed by atoms with Crippen molar-refractivity contribution in [3.63, 3.8) is 0 Å². The third kappa shape index (κ3) is 6.10. The van der Waals surface area contributed by atoms with Gasteiger partial charge in [-0.05, 0) is 18.8 Å². The number of carboxylic acid groups (broad SMARTS) is 1. The van der Waals surface area contributed by atoms with Gasteiger partial charge in [-0.1, -0.05) is 34.6 Å². The van der Waals surface area contributed by atoms with Gasteiger partial charge in [0.25, 0.3) is 0 Å². The molecule has 21 heavy (non-hydrogen) atoms. The molecule has 0 fully saturated rings. The minimum atomic E-state index is -0.771. The Bertz CT molecular complexity index is 493. The number of nitrogens with one attached hydrogen (secondary N) is 1. The van der Waals surface area contributed by atoms with E-state index in [0.29, 0.717) is 18.8 Å². The first-order valence-corrected chi connectivity index (χ1v) is 7.41. The molecule has 1 heterocycles. The van der Waals surface area contributed by atoms with Crippen LogP contribution in [-0.2, 0) is 4.79 Å². The zero-order chi connectivity index (χ0) is 16.2. The fraction of sp³-hybridized carbons (Fsp3) is 0.688. The maximum atomic E-state index is 11.4. The summed E-state index contributed by atoms with van der Waals surface area (Å²) in [6, 6.07) is 1.85. The van der Waals surface area contributed by atoms with Gasteiger partial charge in [-0.3, -0.25) is 4.79 Å². The molecule has 0 aliphatic heterocycles. The SMILES string of the molecule is Cc1cc(NCC(CC(C)(C)C)C(=O)O)nc(C(C)C)n1. The zero-order valence-corrected chi connectivity index (χ0v) is 13.9. The van der Waals surface area contributed by atoms with Crippen molar-refractivity contribution in [3.8, 4) is 0 Å². The van der Waals surface area contributed by atoms with Gasteiger partial charge >= 0.3 is 5.97 Å². The summed E-state index contributed by atoms with van der Waals surface area (Å²) in [5, 5.41) is 12.5. The second kappa shape index (κ2) is 6.87. The molecular weight excluding hydrogens is 266 g/mol. The van der Waals surface area contributed by atoms with Gasteiger partial charge in [0.2, 0.25) is 0 Å². The molecule has 1 atom stereocenters. The zero-order valence-electron chi connectivity index (χ0n) is 13.9. The first-order valence-electron chi connectivity index (χ1n) is 7.41. The minimum absolute atomic E-state index is 0.0184. The molecule has 0 amide bonds. The normalized spacial score (nSPS) is 13.3. The Balaban J connectivity index is 2.78. The topological polar surface area (TPSA) is 75.1 Å². The standard InChI is InChI=1S/C16H27N3O2/c1-10(2)14-18-11(3)7-13(19-14)17-9-12(15(20)21)8-16(4,5)6/h7,10,12H,8-9H2,1-6H3,(H,20,21)(H,17,18,19). The van der Waals surface area contributed by atoms with Gasteiger partial charge in [0.15, 0.2) is 0 Å². The van der Waals surface area contributed by atoms with Crippen molar-refractivity contribution >= 4 is 11.8 Å². The van der Waals surface area contributed by atoms with Crippen LogP contribution in [0, 0.1) is 18.3 Å². The Morgan fingerprint density at radius 1 is 1.33 bits per heavy atom. The van der Waals surface area contributed by atoms with Crippen LogP contribution in [-0.4, -0.2) is 27.6 Å². The van der Waals surface area contributed by atoms with Crippen molar-refractivity contribution in [1.29, 1.82) is 0 Å².